The zero-order chi connectivity index (χ0) is 20.5. The molecule has 0 saturated carbocycles. The lowest BCUT2D eigenvalue weighted by Gasteiger charge is -2.19. The number of ether oxygens (including phenoxy) is 1. The van der Waals surface area contributed by atoms with E-state index in [0.717, 1.165) is 15.7 Å². The topological polar surface area (TPSA) is 112 Å². The third-order valence-electron chi connectivity index (χ3n) is 5.17. The highest BCUT2D eigenvalue weighted by Gasteiger charge is 2.43. The molecule has 0 bridgehead atoms. The molecule has 0 amide bonds. The summed E-state index contributed by atoms with van der Waals surface area (Å²) in [7, 11) is 0. The van der Waals surface area contributed by atoms with Crippen LogP contribution in [0.5, 0.6) is 5.75 Å². The average Bonchev–Trinajstić information content (AvgIpc) is 3.03. The van der Waals surface area contributed by atoms with Gasteiger partial charge in [-0.2, -0.15) is 0 Å². The quantitative estimate of drug-likeness (QED) is 0.533. The fraction of sp³-hybridized carbons (Fsp3) is 0.227. The van der Waals surface area contributed by atoms with Gasteiger partial charge in [-0.25, -0.2) is 0 Å². The molecule has 1 aliphatic heterocycles. The van der Waals surface area contributed by atoms with E-state index in [0.29, 0.717) is 5.56 Å². The number of aromatic nitrogens is 1. The Labute approximate surface area is 166 Å². The van der Waals surface area contributed by atoms with E-state index in [1.165, 1.54) is 12.3 Å². The lowest BCUT2D eigenvalue weighted by Crippen LogP contribution is -2.35. The Morgan fingerprint density at radius 3 is 2.10 bits per heavy atom. The minimum Gasteiger partial charge on any atom is -0.507 e. The Morgan fingerprint density at radius 2 is 1.48 bits per heavy atom. The summed E-state index contributed by atoms with van der Waals surface area (Å²) >= 11 is 0. The Bertz CT molecular complexity index is 1050. The molecule has 7 heteroatoms. The molecule has 0 unspecified atom stereocenters. The highest BCUT2D eigenvalue weighted by atomic mass is 16.6. The normalized spacial score (nSPS) is 24.0. The van der Waals surface area contributed by atoms with Crippen molar-refractivity contribution in [1.82, 2.24) is 4.57 Å². The molecule has 1 fully saturated rings. The number of hydrogen-bond donors (Lipinski definition) is 4. The molecule has 0 radical (unpaired) electrons. The van der Waals surface area contributed by atoms with Gasteiger partial charge < -0.3 is 25.2 Å². The summed E-state index contributed by atoms with van der Waals surface area (Å²) in [5.41, 5.74) is 1.99. The Morgan fingerprint density at radius 1 is 0.862 bits per heavy atom. The number of aliphatic hydroxyl groups is 3. The lowest BCUT2D eigenvalue weighted by molar-refractivity contribution is -0.0543. The van der Waals surface area contributed by atoms with E-state index >= 15 is 0 Å². The van der Waals surface area contributed by atoms with Crippen LogP contribution in [0.4, 0.5) is 0 Å². The van der Waals surface area contributed by atoms with Crippen molar-refractivity contribution in [3.8, 4) is 28.0 Å². The van der Waals surface area contributed by atoms with Crippen molar-refractivity contribution in [1.29, 1.82) is 0 Å². The summed E-state index contributed by atoms with van der Waals surface area (Å²) in [5.74, 6) is -0.203. The number of aromatic hydroxyl groups is 1. The Kier molecular flexibility index (Phi) is 5.21. The number of nitrogens with zero attached hydrogens (tertiary/aromatic N) is 1. The predicted molar refractivity (Wildman–Crippen MR) is 106 cm³/mol. The summed E-state index contributed by atoms with van der Waals surface area (Å²) in [6.07, 6.45) is -3.58. The molecule has 0 aliphatic carbocycles. The Hall–Kier alpha value is -2.97. The first kappa shape index (κ1) is 19.4. The van der Waals surface area contributed by atoms with Crippen molar-refractivity contribution in [2.75, 3.05) is 6.61 Å². The van der Waals surface area contributed by atoms with Gasteiger partial charge in [0.2, 0.25) is 0 Å². The van der Waals surface area contributed by atoms with Crippen LogP contribution in [0.1, 0.15) is 6.23 Å². The van der Waals surface area contributed by atoms with Crippen LogP contribution in [0, 0.1) is 0 Å². The number of rotatable bonds is 4. The molecule has 1 aromatic heterocycles. The van der Waals surface area contributed by atoms with Crippen LogP contribution in [0.25, 0.3) is 22.3 Å². The first-order valence-electron chi connectivity index (χ1n) is 9.23. The molecule has 150 valence electrons. The third kappa shape index (κ3) is 3.45. The van der Waals surface area contributed by atoms with Crippen molar-refractivity contribution >= 4 is 0 Å². The molecule has 4 N–H and O–H groups in total. The molecule has 0 spiro atoms. The maximum Gasteiger partial charge on any atom is 0.264 e. The van der Waals surface area contributed by atoms with Crippen LogP contribution in [0.3, 0.4) is 0 Å². The third-order valence-corrected chi connectivity index (χ3v) is 5.17. The first-order chi connectivity index (χ1) is 14.0. The second-order valence-corrected chi connectivity index (χ2v) is 6.96. The van der Waals surface area contributed by atoms with E-state index in [4.69, 9.17) is 4.74 Å². The van der Waals surface area contributed by atoms with Gasteiger partial charge in [0.25, 0.3) is 5.56 Å². The summed E-state index contributed by atoms with van der Waals surface area (Å²) in [5, 5.41) is 39.8. The van der Waals surface area contributed by atoms with Crippen LogP contribution in [0.15, 0.2) is 71.7 Å². The summed E-state index contributed by atoms with van der Waals surface area (Å²) in [4.78, 5) is 13.0. The van der Waals surface area contributed by atoms with Crippen LogP contribution in [0.2, 0.25) is 0 Å². The largest absolute Gasteiger partial charge is 0.507 e. The number of pyridine rings is 1. The lowest BCUT2D eigenvalue weighted by atomic mass is 10.0. The molecule has 1 aliphatic rings. The minimum atomic E-state index is -1.39. The minimum absolute atomic E-state index is 0.0600. The molecular weight excluding hydrogens is 374 g/mol. The van der Waals surface area contributed by atoms with E-state index in [9.17, 15) is 25.2 Å². The highest BCUT2D eigenvalue weighted by Crippen LogP contribution is 2.32. The number of benzene rings is 2. The van der Waals surface area contributed by atoms with Crippen molar-refractivity contribution in [2.45, 2.75) is 24.5 Å². The smallest absolute Gasteiger partial charge is 0.264 e. The number of aliphatic hydroxyl groups excluding tert-OH is 3. The SMILES string of the molecule is O=c1c(-c2ccc(-c3ccccc3)cc2)c(O)ccn1[C@@H]1O[C@H](CO)[C@@H](O)[C@H]1O. The van der Waals surface area contributed by atoms with Gasteiger partial charge in [-0.1, -0.05) is 54.6 Å². The van der Waals surface area contributed by atoms with Crippen molar-refractivity contribution in [3.05, 3.63) is 77.2 Å². The van der Waals surface area contributed by atoms with Gasteiger partial charge in [-0.05, 0) is 22.8 Å². The average molecular weight is 395 g/mol. The van der Waals surface area contributed by atoms with E-state index in [1.54, 1.807) is 12.1 Å². The van der Waals surface area contributed by atoms with Gasteiger partial charge in [0.1, 0.15) is 24.1 Å². The van der Waals surface area contributed by atoms with Crippen molar-refractivity contribution in [2.24, 2.45) is 0 Å². The van der Waals surface area contributed by atoms with Gasteiger partial charge in [0.15, 0.2) is 6.23 Å². The molecule has 4 atom stereocenters. The highest BCUT2D eigenvalue weighted by molar-refractivity contribution is 5.73. The van der Waals surface area contributed by atoms with E-state index in [1.807, 2.05) is 42.5 Å². The van der Waals surface area contributed by atoms with Crippen LogP contribution in [-0.2, 0) is 4.74 Å². The first-order valence-corrected chi connectivity index (χ1v) is 9.23. The summed E-state index contributed by atoms with van der Waals surface area (Å²) in [6, 6.07) is 18.3. The van der Waals surface area contributed by atoms with Gasteiger partial charge in [0, 0.05) is 6.20 Å². The van der Waals surface area contributed by atoms with Gasteiger partial charge in [-0.3, -0.25) is 9.36 Å². The second-order valence-electron chi connectivity index (χ2n) is 6.96. The fourth-order valence-corrected chi connectivity index (χ4v) is 3.58. The number of hydrogen-bond acceptors (Lipinski definition) is 6. The van der Waals surface area contributed by atoms with Gasteiger partial charge in [0.05, 0.1) is 12.2 Å². The van der Waals surface area contributed by atoms with Gasteiger partial charge >= 0.3 is 0 Å². The molecule has 1 saturated heterocycles. The zero-order valence-electron chi connectivity index (χ0n) is 15.4. The van der Waals surface area contributed by atoms with Crippen LogP contribution in [-0.4, -0.2) is 49.9 Å². The predicted octanol–water partition coefficient (Wildman–Crippen LogP) is 1.50. The van der Waals surface area contributed by atoms with E-state index < -0.39 is 36.7 Å². The van der Waals surface area contributed by atoms with E-state index in [2.05, 4.69) is 0 Å². The molecular formula is C22H21NO6. The molecule has 7 nitrogen and oxygen atoms in total. The monoisotopic (exact) mass is 395 g/mol. The Balaban J connectivity index is 1.72. The maximum atomic E-state index is 13.0. The zero-order valence-corrected chi connectivity index (χ0v) is 15.4. The second kappa shape index (κ2) is 7.81. The van der Waals surface area contributed by atoms with Crippen LogP contribution < -0.4 is 5.56 Å². The summed E-state index contributed by atoms with van der Waals surface area (Å²) in [6.45, 7) is -0.491. The van der Waals surface area contributed by atoms with E-state index in [-0.39, 0.29) is 11.3 Å². The molecule has 2 heterocycles. The molecule has 4 rings (SSSR count). The maximum absolute atomic E-state index is 13.0. The van der Waals surface area contributed by atoms with Crippen molar-refractivity contribution < 1.29 is 25.2 Å². The summed E-state index contributed by atoms with van der Waals surface area (Å²) < 4.78 is 6.56. The fourth-order valence-electron chi connectivity index (χ4n) is 3.58. The molecule has 29 heavy (non-hydrogen) atoms. The molecule has 2 aromatic carbocycles. The standard InChI is InChI=1S/C22H21NO6/c24-12-17-19(26)20(27)22(29-17)23-11-10-16(25)18(21(23)28)15-8-6-14(7-9-15)13-4-2-1-3-5-13/h1-11,17,19-20,22,24-27H,12H2/t17-,19-,20-,22-/m1/s1. The van der Waals surface area contributed by atoms with Gasteiger partial charge in [-0.15, -0.1) is 0 Å². The molecule has 3 aromatic rings. The van der Waals surface area contributed by atoms with Crippen molar-refractivity contribution in [3.63, 3.8) is 0 Å². The van der Waals surface area contributed by atoms with Crippen LogP contribution >= 0.6 is 0 Å².